The first kappa shape index (κ1) is 20.3. The number of aliphatic hydroxyl groups is 5. The summed E-state index contributed by atoms with van der Waals surface area (Å²) in [5.74, 6) is -2.06. The van der Waals surface area contributed by atoms with Crippen molar-refractivity contribution in [1.82, 2.24) is 6.15 Å². The fourth-order valence-electron chi connectivity index (χ4n) is 0.601. The van der Waals surface area contributed by atoms with Crippen LogP contribution in [0.2, 0.25) is 0 Å². The van der Waals surface area contributed by atoms with E-state index in [-0.39, 0.29) is 27.9 Å². The number of carboxylic acids is 1. The van der Waals surface area contributed by atoms with Crippen molar-refractivity contribution in [2.75, 3.05) is 6.61 Å². The van der Waals surface area contributed by atoms with Crippen LogP contribution in [0.1, 0.15) is 0 Å². The van der Waals surface area contributed by atoms with Crippen LogP contribution >= 0.6 is 0 Å². The monoisotopic (exact) mass is 259 g/mol. The van der Waals surface area contributed by atoms with E-state index in [2.05, 4.69) is 0 Å². The molecule has 0 fully saturated rings. The molecule has 0 bridgehead atoms. The largest absolute Gasteiger partial charge is 2.00 e. The second kappa shape index (κ2) is 9.07. The second-order valence-corrected chi connectivity index (χ2v) is 2.36. The van der Waals surface area contributed by atoms with Crippen LogP contribution in [-0.4, -0.2) is 56.4 Å². The van der Waals surface area contributed by atoms with Crippen LogP contribution in [0, 0.1) is 6.10 Å². The van der Waals surface area contributed by atoms with E-state index in [4.69, 9.17) is 25.5 Å². The third-order valence-electron chi connectivity index (χ3n) is 1.39. The van der Waals surface area contributed by atoms with Gasteiger partial charge in [0.15, 0.2) is 0 Å². The fraction of sp³-hybridized carbons (Fsp3) is 0.667. The summed E-state index contributed by atoms with van der Waals surface area (Å²) in [5, 5.41) is 53.2. The van der Waals surface area contributed by atoms with Gasteiger partial charge in [0.25, 0.3) is 0 Å². The van der Waals surface area contributed by atoms with Crippen molar-refractivity contribution in [3.8, 4) is 0 Å². The second-order valence-electron chi connectivity index (χ2n) is 2.36. The van der Waals surface area contributed by atoms with E-state index in [9.17, 15) is 9.90 Å². The molecule has 0 spiro atoms. The molecule has 0 aliphatic carbocycles. The van der Waals surface area contributed by atoms with Crippen LogP contribution in [0.5, 0.6) is 0 Å². The van der Waals surface area contributed by atoms with E-state index in [1.54, 1.807) is 0 Å². The predicted octanol–water partition coefficient (Wildman–Crippen LogP) is -4.12. The maximum atomic E-state index is 9.94. The van der Waals surface area contributed by atoms with Gasteiger partial charge in [-0.1, -0.05) is 5.97 Å². The zero-order chi connectivity index (χ0) is 10.6. The zero-order valence-corrected chi connectivity index (χ0v) is 9.26. The van der Waals surface area contributed by atoms with Gasteiger partial charge in [0.1, 0.15) is 6.10 Å². The number of aliphatic hydroxyl groups excluding tert-OH is 5. The molecule has 8 N–H and O–H groups in total. The number of aliphatic carboxylic acids is 1. The van der Waals surface area contributed by atoms with E-state index in [0.717, 1.165) is 0 Å². The molecule has 0 unspecified atom stereocenters. The smallest absolute Gasteiger partial charge is 0.582 e. The fourth-order valence-corrected chi connectivity index (χ4v) is 0.601. The standard InChI is InChI=1S/C6H11O7.H3N.Ti/c7-1-2(8)3(9)4(10)5(11)6(12)13;;/h2-4,7-11H,1H2,(H,12,13);1H3;/q-1;;+2/p-1/t2-,3-,4+;;/m1../s1. The van der Waals surface area contributed by atoms with Crippen LogP contribution < -0.4 is 11.3 Å². The topological polar surface area (TPSA) is 176 Å². The summed E-state index contributed by atoms with van der Waals surface area (Å²) in [6, 6.07) is 0. The summed E-state index contributed by atoms with van der Waals surface area (Å²) in [7, 11) is 0. The summed E-state index contributed by atoms with van der Waals surface area (Å²) in [6.07, 6.45) is -7.41. The summed E-state index contributed by atoms with van der Waals surface area (Å²) >= 11 is 0. The van der Waals surface area contributed by atoms with Crippen LogP contribution in [-0.2, 0) is 26.5 Å². The zero-order valence-electron chi connectivity index (χ0n) is 7.70. The van der Waals surface area contributed by atoms with Gasteiger partial charge in [0, 0.05) is 6.10 Å². The Balaban J connectivity index is -0.000000720. The molecular formula is C6H13NO7Ti. The Bertz CT molecular complexity index is 181. The molecule has 88 valence electrons. The van der Waals surface area contributed by atoms with Gasteiger partial charge in [0.2, 0.25) is 0 Å². The summed E-state index contributed by atoms with van der Waals surface area (Å²) < 4.78 is 0. The van der Waals surface area contributed by atoms with Crippen LogP contribution in [0.4, 0.5) is 0 Å². The SMILES string of the molecule is N.O=C([O-])[C-](O)[C@@H](O)[C@H](O)[C@H](O)CO.[Ti+2]. The van der Waals surface area contributed by atoms with Crippen molar-refractivity contribution in [3.63, 3.8) is 0 Å². The van der Waals surface area contributed by atoms with E-state index in [0.29, 0.717) is 0 Å². The molecule has 3 atom stereocenters. The Morgan fingerprint density at radius 3 is 2.00 bits per heavy atom. The number of carbonyl (C=O) groups excluding carboxylic acids is 1. The van der Waals surface area contributed by atoms with Gasteiger partial charge in [-0.15, -0.1) is 0 Å². The Morgan fingerprint density at radius 2 is 1.73 bits per heavy atom. The Labute approximate surface area is 101 Å². The Morgan fingerprint density at radius 1 is 1.33 bits per heavy atom. The quantitative estimate of drug-likeness (QED) is 0.213. The Kier molecular flexibility index (Phi) is 12.2. The van der Waals surface area contributed by atoms with Gasteiger partial charge in [-0.05, 0) is 0 Å². The molecule has 0 saturated heterocycles. The molecule has 0 aliphatic rings. The summed E-state index contributed by atoms with van der Waals surface area (Å²) in [6.45, 7) is -0.876. The van der Waals surface area contributed by atoms with Crippen molar-refractivity contribution in [3.05, 3.63) is 6.10 Å². The number of hydrogen-bond acceptors (Lipinski definition) is 8. The first-order valence-corrected chi connectivity index (χ1v) is 3.34. The van der Waals surface area contributed by atoms with Crippen molar-refractivity contribution in [2.24, 2.45) is 0 Å². The predicted molar refractivity (Wildman–Crippen MR) is 40.3 cm³/mol. The molecule has 0 aromatic rings. The minimum absolute atomic E-state index is 0. The minimum Gasteiger partial charge on any atom is -0.582 e. The minimum atomic E-state index is -2.19. The summed E-state index contributed by atoms with van der Waals surface area (Å²) in [4.78, 5) is 9.94. The maximum absolute atomic E-state index is 9.94. The number of rotatable bonds is 5. The van der Waals surface area contributed by atoms with Gasteiger partial charge in [-0.2, -0.15) is 6.10 Å². The summed E-state index contributed by atoms with van der Waals surface area (Å²) in [5.41, 5.74) is 0. The Hall–Kier alpha value is -0.186. The molecule has 0 aromatic heterocycles. The van der Waals surface area contributed by atoms with Gasteiger partial charge >= 0.3 is 21.7 Å². The normalized spacial score (nSPS) is 15.3. The average Bonchev–Trinajstić information content (AvgIpc) is 2.12. The van der Waals surface area contributed by atoms with Crippen molar-refractivity contribution >= 4 is 5.97 Å². The molecule has 8 nitrogen and oxygen atoms in total. The molecule has 9 heteroatoms. The van der Waals surface area contributed by atoms with Gasteiger partial charge in [0.05, 0.1) is 12.7 Å². The molecule has 15 heavy (non-hydrogen) atoms. The van der Waals surface area contributed by atoms with E-state index in [1.165, 1.54) is 0 Å². The number of carboxylic acid groups (broad SMARTS) is 1. The van der Waals surface area contributed by atoms with E-state index in [1.807, 2.05) is 0 Å². The third kappa shape index (κ3) is 6.08. The molecule has 0 aliphatic heterocycles. The van der Waals surface area contributed by atoms with Crippen molar-refractivity contribution in [1.29, 1.82) is 0 Å². The van der Waals surface area contributed by atoms with Crippen LogP contribution in [0.15, 0.2) is 0 Å². The first-order chi connectivity index (χ1) is 5.91. The molecule has 0 aromatic carbocycles. The maximum Gasteiger partial charge on any atom is 2.00 e. The molecular weight excluding hydrogens is 246 g/mol. The van der Waals surface area contributed by atoms with E-state index < -0.39 is 37.0 Å². The third-order valence-corrected chi connectivity index (χ3v) is 1.39. The molecule has 0 amide bonds. The average molecular weight is 259 g/mol. The van der Waals surface area contributed by atoms with E-state index >= 15 is 0 Å². The number of carbonyl (C=O) groups is 1. The van der Waals surface area contributed by atoms with Gasteiger partial charge in [-0.25, -0.2) is 0 Å². The molecule has 0 radical (unpaired) electrons. The van der Waals surface area contributed by atoms with Gasteiger partial charge < -0.3 is 41.6 Å². The van der Waals surface area contributed by atoms with Crippen molar-refractivity contribution < 1.29 is 57.2 Å². The molecule has 0 heterocycles. The van der Waals surface area contributed by atoms with Crippen LogP contribution in [0.3, 0.4) is 0 Å². The number of hydrogen-bond donors (Lipinski definition) is 6. The molecule has 0 saturated carbocycles. The first-order valence-electron chi connectivity index (χ1n) is 3.34. The van der Waals surface area contributed by atoms with Crippen LogP contribution in [0.25, 0.3) is 0 Å². The van der Waals surface area contributed by atoms with Crippen molar-refractivity contribution in [2.45, 2.75) is 18.3 Å². The van der Waals surface area contributed by atoms with Gasteiger partial charge in [-0.3, -0.25) is 0 Å². The molecule has 0 rings (SSSR count).